The van der Waals surface area contributed by atoms with Gasteiger partial charge in [0, 0.05) is 5.02 Å². The maximum atomic E-state index is 12.8. The van der Waals surface area contributed by atoms with Gasteiger partial charge in [-0.05, 0) is 72.5 Å². The monoisotopic (exact) mass is 585 g/mol. The Hall–Kier alpha value is -3.95. The van der Waals surface area contributed by atoms with Crippen LogP contribution in [0.3, 0.4) is 0 Å². The molecule has 2 amide bonds. The summed E-state index contributed by atoms with van der Waals surface area (Å²) in [5.41, 5.74) is 4.31. The summed E-state index contributed by atoms with van der Waals surface area (Å²) >= 11 is 12.0. The number of hydrogen-bond acceptors (Lipinski definition) is 7. The fourth-order valence-electron chi connectivity index (χ4n) is 3.85. The highest BCUT2D eigenvalue weighted by atomic mass is 35.5. The number of benzene rings is 3. The Morgan fingerprint density at radius 1 is 1.00 bits per heavy atom. The molecule has 1 aliphatic heterocycles. The van der Waals surface area contributed by atoms with Gasteiger partial charge in [0.05, 0.1) is 23.4 Å². The standard InChI is InChI=1S/C29H29Cl2N3O6/c1-4-37-25-11-18(5-9-23(25)38-15-19-6-10-24-26(12-19)40-16-39-24)14-32-34-29(36)27(17(2)3)33-28(35)21-8-7-20(30)13-22(21)31/h5-14,17,27H,4,15-16H2,1-3H3,(H,33,35)(H,34,36)/b32-14-. The van der Waals surface area contributed by atoms with Gasteiger partial charge in [-0.15, -0.1) is 0 Å². The summed E-state index contributed by atoms with van der Waals surface area (Å²) in [6, 6.07) is 14.6. The quantitative estimate of drug-likeness (QED) is 0.224. The molecule has 1 heterocycles. The Labute approximate surface area is 242 Å². The average molecular weight is 586 g/mol. The predicted molar refractivity (Wildman–Crippen MR) is 153 cm³/mol. The summed E-state index contributed by atoms with van der Waals surface area (Å²) in [4.78, 5) is 25.6. The minimum Gasteiger partial charge on any atom is -0.490 e. The average Bonchev–Trinajstić information content (AvgIpc) is 3.39. The fraction of sp³-hybridized carbons (Fsp3) is 0.276. The number of amides is 2. The number of nitrogens with one attached hydrogen (secondary N) is 2. The highest BCUT2D eigenvalue weighted by Crippen LogP contribution is 2.34. The first-order valence-corrected chi connectivity index (χ1v) is 13.4. The van der Waals surface area contributed by atoms with Crippen molar-refractivity contribution in [2.24, 2.45) is 11.0 Å². The molecule has 0 spiro atoms. The van der Waals surface area contributed by atoms with Crippen molar-refractivity contribution in [3.63, 3.8) is 0 Å². The zero-order valence-corrected chi connectivity index (χ0v) is 23.7. The van der Waals surface area contributed by atoms with Crippen LogP contribution in [0.5, 0.6) is 23.0 Å². The third-order valence-corrected chi connectivity index (χ3v) is 6.45. The molecule has 210 valence electrons. The van der Waals surface area contributed by atoms with Crippen molar-refractivity contribution >= 4 is 41.2 Å². The van der Waals surface area contributed by atoms with Gasteiger partial charge in [-0.2, -0.15) is 5.10 Å². The lowest BCUT2D eigenvalue weighted by molar-refractivity contribution is -0.123. The fourth-order valence-corrected chi connectivity index (χ4v) is 4.35. The Morgan fingerprint density at radius 2 is 1.80 bits per heavy atom. The molecule has 3 aromatic rings. The van der Waals surface area contributed by atoms with E-state index in [1.165, 1.54) is 18.3 Å². The number of carbonyl (C=O) groups excluding carboxylic acids is 2. The van der Waals surface area contributed by atoms with Gasteiger partial charge in [0.2, 0.25) is 6.79 Å². The molecule has 1 aliphatic rings. The van der Waals surface area contributed by atoms with E-state index in [0.29, 0.717) is 46.8 Å². The summed E-state index contributed by atoms with van der Waals surface area (Å²) in [7, 11) is 0. The van der Waals surface area contributed by atoms with E-state index in [2.05, 4.69) is 15.8 Å². The first-order chi connectivity index (χ1) is 19.2. The number of fused-ring (bicyclic) bond motifs is 1. The highest BCUT2D eigenvalue weighted by Gasteiger charge is 2.25. The zero-order chi connectivity index (χ0) is 28.6. The van der Waals surface area contributed by atoms with Crippen LogP contribution in [0.15, 0.2) is 59.7 Å². The SMILES string of the molecule is CCOc1cc(/C=N\NC(=O)C(NC(=O)c2ccc(Cl)cc2Cl)C(C)C)ccc1OCc1ccc2c(c1)OCO2. The molecule has 0 bridgehead atoms. The Balaban J connectivity index is 1.38. The molecule has 0 aromatic heterocycles. The number of nitrogens with zero attached hydrogens (tertiary/aromatic N) is 1. The number of hydrazone groups is 1. The van der Waals surface area contributed by atoms with E-state index in [1.54, 1.807) is 24.3 Å². The van der Waals surface area contributed by atoms with Crippen LogP contribution < -0.4 is 29.7 Å². The van der Waals surface area contributed by atoms with Crippen LogP contribution in [-0.4, -0.2) is 37.5 Å². The zero-order valence-electron chi connectivity index (χ0n) is 22.2. The third-order valence-electron chi connectivity index (χ3n) is 5.90. The number of carbonyl (C=O) groups is 2. The molecular formula is C29H29Cl2N3O6. The van der Waals surface area contributed by atoms with E-state index in [1.807, 2.05) is 39.0 Å². The van der Waals surface area contributed by atoms with Crippen molar-refractivity contribution in [1.82, 2.24) is 10.7 Å². The van der Waals surface area contributed by atoms with E-state index >= 15 is 0 Å². The first-order valence-electron chi connectivity index (χ1n) is 12.6. The van der Waals surface area contributed by atoms with Gasteiger partial charge in [-0.1, -0.05) is 43.1 Å². The number of rotatable bonds is 11. The van der Waals surface area contributed by atoms with Gasteiger partial charge in [0.1, 0.15) is 12.6 Å². The molecule has 2 N–H and O–H groups in total. The van der Waals surface area contributed by atoms with Crippen LogP contribution >= 0.6 is 23.2 Å². The van der Waals surface area contributed by atoms with Crippen molar-refractivity contribution < 1.29 is 28.5 Å². The van der Waals surface area contributed by atoms with Crippen LogP contribution in [0.1, 0.15) is 42.3 Å². The molecule has 1 atom stereocenters. The molecule has 0 aliphatic carbocycles. The molecule has 1 unspecified atom stereocenters. The molecule has 40 heavy (non-hydrogen) atoms. The topological polar surface area (TPSA) is 107 Å². The van der Waals surface area contributed by atoms with Crippen LogP contribution in [-0.2, 0) is 11.4 Å². The van der Waals surface area contributed by atoms with Crippen molar-refractivity contribution in [2.45, 2.75) is 33.4 Å². The second kappa shape index (κ2) is 13.4. The number of ether oxygens (including phenoxy) is 4. The summed E-state index contributed by atoms with van der Waals surface area (Å²) in [5, 5.41) is 7.38. The summed E-state index contributed by atoms with van der Waals surface area (Å²) in [6.45, 7) is 6.46. The third kappa shape index (κ3) is 7.37. The van der Waals surface area contributed by atoms with Crippen molar-refractivity contribution in [3.8, 4) is 23.0 Å². The van der Waals surface area contributed by atoms with E-state index in [0.717, 1.165) is 5.56 Å². The lowest BCUT2D eigenvalue weighted by Gasteiger charge is -2.20. The second-order valence-electron chi connectivity index (χ2n) is 9.17. The largest absolute Gasteiger partial charge is 0.490 e. The lowest BCUT2D eigenvalue weighted by Crippen LogP contribution is -2.48. The summed E-state index contributed by atoms with van der Waals surface area (Å²) in [5.74, 6) is 1.32. The number of hydrogen-bond donors (Lipinski definition) is 2. The molecule has 0 fully saturated rings. The van der Waals surface area contributed by atoms with E-state index in [9.17, 15) is 9.59 Å². The molecule has 4 rings (SSSR count). The van der Waals surface area contributed by atoms with Crippen molar-refractivity contribution in [1.29, 1.82) is 0 Å². The van der Waals surface area contributed by atoms with E-state index in [-0.39, 0.29) is 23.3 Å². The van der Waals surface area contributed by atoms with Crippen LogP contribution in [0.4, 0.5) is 0 Å². The van der Waals surface area contributed by atoms with E-state index < -0.39 is 17.9 Å². The maximum absolute atomic E-state index is 12.8. The second-order valence-corrected chi connectivity index (χ2v) is 10.0. The molecule has 3 aromatic carbocycles. The Bertz CT molecular complexity index is 1410. The Morgan fingerprint density at radius 3 is 2.55 bits per heavy atom. The van der Waals surface area contributed by atoms with E-state index in [4.69, 9.17) is 42.1 Å². The normalized spacial score (nSPS) is 12.8. The lowest BCUT2D eigenvalue weighted by atomic mass is 10.0. The molecule has 0 saturated carbocycles. The van der Waals surface area contributed by atoms with Crippen molar-refractivity contribution in [3.05, 3.63) is 81.3 Å². The van der Waals surface area contributed by atoms with Gasteiger partial charge < -0.3 is 24.3 Å². The minimum atomic E-state index is -0.845. The molecule has 0 saturated heterocycles. The Kier molecular flexibility index (Phi) is 9.74. The summed E-state index contributed by atoms with van der Waals surface area (Å²) < 4.78 is 22.5. The van der Waals surface area contributed by atoms with Crippen LogP contribution in [0.2, 0.25) is 10.0 Å². The molecule has 11 heteroatoms. The number of halogens is 2. The van der Waals surface area contributed by atoms with Gasteiger partial charge in [0.15, 0.2) is 23.0 Å². The van der Waals surface area contributed by atoms with Gasteiger partial charge in [0.25, 0.3) is 11.8 Å². The molecule has 9 nitrogen and oxygen atoms in total. The predicted octanol–water partition coefficient (Wildman–Crippen LogP) is 5.60. The van der Waals surface area contributed by atoms with Crippen LogP contribution in [0.25, 0.3) is 0 Å². The van der Waals surface area contributed by atoms with Gasteiger partial charge in [-0.25, -0.2) is 5.43 Å². The highest BCUT2D eigenvalue weighted by molar-refractivity contribution is 6.36. The van der Waals surface area contributed by atoms with Crippen LogP contribution in [0, 0.1) is 5.92 Å². The van der Waals surface area contributed by atoms with Gasteiger partial charge in [-0.3, -0.25) is 9.59 Å². The smallest absolute Gasteiger partial charge is 0.262 e. The van der Waals surface area contributed by atoms with Gasteiger partial charge >= 0.3 is 0 Å². The van der Waals surface area contributed by atoms with Crippen molar-refractivity contribution in [2.75, 3.05) is 13.4 Å². The maximum Gasteiger partial charge on any atom is 0.262 e. The molecule has 0 radical (unpaired) electrons. The minimum absolute atomic E-state index is 0.194. The first kappa shape index (κ1) is 29.0. The summed E-state index contributed by atoms with van der Waals surface area (Å²) in [6.07, 6.45) is 1.48. The molecular weight excluding hydrogens is 557 g/mol.